The van der Waals surface area contributed by atoms with Crippen LogP contribution in [0.3, 0.4) is 0 Å². The lowest BCUT2D eigenvalue weighted by atomic mass is 9.53. The van der Waals surface area contributed by atoms with Gasteiger partial charge in [0.15, 0.2) is 11.5 Å². The molecule has 154 valence electrons. The Balaban J connectivity index is 1.58. The average Bonchev–Trinajstić information content (AvgIpc) is 3.12. The van der Waals surface area contributed by atoms with Crippen molar-refractivity contribution in [3.05, 3.63) is 70.8 Å². The molecule has 0 unspecified atom stereocenters. The van der Waals surface area contributed by atoms with Gasteiger partial charge >= 0.3 is 0 Å². The minimum Gasteiger partial charge on any atom is -0.493 e. The molecule has 2 aromatic rings. The van der Waals surface area contributed by atoms with E-state index in [2.05, 4.69) is 60.5 Å². The number of piperidine rings is 1. The summed E-state index contributed by atoms with van der Waals surface area (Å²) in [5, 5.41) is 10.9. The van der Waals surface area contributed by atoms with Crippen LogP contribution < -0.4 is 9.47 Å². The Morgan fingerprint density at radius 2 is 2.03 bits per heavy atom. The zero-order valence-corrected chi connectivity index (χ0v) is 17.4. The Bertz CT molecular complexity index is 1060. The van der Waals surface area contributed by atoms with Crippen molar-refractivity contribution in [2.45, 2.75) is 36.5 Å². The van der Waals surface area contributed by atoms with Crippen molar-refractivity contribution in [3.63, 3.8) is 0 Å². The minimum atomic E-state index is -0.586. The fraction of sp³-hybridized carbons (Fsp3) is 0.385. The van der Waals surface area contributed by atoms with Crippen LogP contribution in [-0.2, 0) is 11.8 Å². The summed E-state index contributed by atoms with van der Waals surface area (Å²) in [6.07, 6.45) is 9.73. The highest BCUT2D eigenvalue weighted by atomic mass is 16.5. The number of aliphatic hydroxyl groups excluding tert-OH is 1. The van der Waals surface area contributed by atoms with E-state index in [0.717, 1.165) is 30.9 Å². The van der Waals surface area contributed by atoms with Crippen molar-refractivity contribution >= 4 is 12.2 Å². The predicted molar refractivity (Wildman–Crippen MR) is 118 cm³/mol. The zero-order chi connectivity index (χ0) is 20.5. The quantitative estimate of drug-likeness (QED) is 0.630. The SMILES string of the molecule is COc1cc(/C=C/c2ccccc2)c2c3c1O[C@H]1[C@@H](O)C=C[C@@H]4[C@@H](C2)N(C)CC[C@@]341. The number of rotatable bonds is 3. The number of methoxy groups -OCH3 is 1. The summed E-state index contributed by atoms with van der Waals surface area (Å²) in [6, 6.07) is 12.9. The maximum absolute atomic E-state index is 10.9. The monoisotopic (exact) mass is 401 g/mol. The van der Waals surface area contributed by atoms with E-state index in [1.807, 2.05) is 12.1 Å². The van der Waals surface area contributed by atoms with E-state index < -0.39 is 6.10 Å². The maximum Gasteiger partial charge on any atom is 0.166 e. The van der Waals surface area contributed by atoms with Crippen LogP contribution in [0, 0.1) is 5.92 Å². The molecule has 6 rings (SSSR count). The van der Waals surface area contributed by atoms with Crippen LogP contribution in [0.4, 0.5) is 0 Å². The van der Waals surface area contributed by atoms with Crippen LogP contribution in [0.25, 0.3) is 12.2 Å². The molecule has 1 spiro atoms. The molecule has 2 aliphatic heterocycles. The number of benzene rings is 2. The summed E-state index contributed by atoms with van der Waals surface area (Å²) < 4.78 is 12.3. The molecule has 0 aromatic heterocycles. The zero-order valence-electron chi connectivity index (χ0n) is 17.4. The fourth-order valence-corrected chi connectivity index (χ4v) is 6.39. The van der Waals surface area contributed by atoms with E-state index in [4.69, 9.17) is 9.47 Å². The highest BCUT2D eigenvalue weighted by Crippen LogP contribution is 2.63. The molecule has 0 saturated carbocycles. The van der Waals surface area contributed by atoms with Gasteiger partial charge in [0.2, 0.25) is 0 Å². The summed E-state index contributed by atoms with van der Waals surface area (Å²) in [6.45, 7) is 1.02. The van der Waals surface area contributed by atoms with E-state index in [9.17, 15) is 5.11 Å². The van der Waals surface area contributed by atoms with Gasteiger partial charge in [0.1, 0.15) is 12.2 Å². The van der Waals surface area contributed by atoms with Crippen LogP contribution in [0.2, 0.25) is 0 Å². The van der Waals surface area contributed by atoms with Gasteiger partial charge in [0.05, 0.1) is 7.11 Å². The topological polar surface area (TPSA) is 41.9 Å². The Morgan fingerprint density at radius 1 is 1.20 bits per heavy atom. The normalized spacial score (nSPS) is 33.4. The smallest absolute Gasteiger partial charge is 0.166 e. The Kier molecular flexibility index (Phi) is 3.93. The molecule has 2 aromatic carbocycles. The van der Waals surface area contributed by atoms with Crippen LogP contribution >= 0.6 is 0 Å². The van der Waals surface area contributed by atoms with E-state index in [-0.39, 0.29) is 11.5 Å². The lowest BCUT2D eigenvalue weighted by molar-refractivity contribution is -0.0453. The maximum atomic E-state index is 10.9. The predicted octanol–water partition coefficient (Wildman–Crippen LogP) is 3.67. The first-order valence-corrected chi connectivity index (χ1v) is 10.8. The molecule has 30 heavy (non-hydrogen) atoms. The summed E-state index contributed by atoms with van der Waals surface area (Å²) in [7, 11) is 3.94. The fourth-order valence-electron chi connectivity index (χ4n) is 6.39. The van der Waals surface area contributed by atoms with Crippen molar-refractivity contribution in [1.82, 2.24) is 4.90 Å². The second-order valence-electron chi connectivity index (χ2n) is 9.08. The van der Waals surface area contributed by atoms with Crippen molar-refractivity contribution in [2.75, 3.05) is 20.7 Å². The van der Waals surface area contributed by atoms with Gasteiger partial charge in [-0.3, -0.25) is 0 Å². The largest absolute Gasteiger partial charge is 0.493 e. The molecule has 4 heteroatoms. The molecule has 2 aliphatic carbocycles. The Hall–Kier alpha value is -2.56. The second kappa shape index (κ2) is 6.47. The van der Waals surface area contributed by atoms with Gasteiger partial charge < -0.3 is 19.5 Å². The lowest BCUT2D eigenvalue weighted by Gasteiger charge is -2.56. The third-order valence-electron chi connectivity index (χ3n) is 7.77. The van der Waals surface area contributed by atoms with Crippen molar-refractivity contribution < 1.29 is 14.6 Å². The van der Waals surface area contributed by atoms with E-state index in [1.54, 1.807) is 7.11 Å². The van der Waals surface area contributed by atoms with Gasteiger partial charge in [-0.05, 0) is 49.2 Å². The van der Waals surface area contributed by atoms with E-state index in [1.165, 1.54) is 22.3 Å². The van der Waals surface area contributed by atoms with Gasteiger partial charge in [-0.2, -0.15) is 0 Å². The first-order chi connectivity index (χ1) is 14.6. The van der Waals surface area contributed by atoms with Gasteiger partial charge in [-0.1, -0.05) is 54.6 Å². The van der Waals surface area contributed by atoms with Gasteiger partial charge in [0, 0.05) is 22.9 Å². The van der Waals surface area contributed by atoms with Crippen molar-refractivity contribution in [1.29, 1.82) is 0 Å². The lowest BCUT2D eigenvalue weighted by Crippen LogP contribution is -2.64. The number of nitrogens with zero attached hydrogens (tertiary/aromatic N) is 1. The molecule has 2 bridgehead atoms. The highest BCUT2D eigenvalue weighted by molar-refractivity contribution is 5.76. The van der Waals surface area contributed by atoms with Gasteiger partial charge in [-0.25, -0.2) is 0 Å². The molecular formula is C26H27NO3. The first kappa shape index (κ1) is 18.2. The number of hydrogen-bond acceptors (Lipinski definition) is 4. The molecule has 2 heterocycles. The first-order valence-electron chi connectivity index (χ1n) is 10.8. The number of likely N-dealkylation sites (N-methyl/N-ethyl adjacent to an activating group) is 1. The number of hydrogen-bond donors (Lipinski definition) is 1. The van der Waals surface area contributed by atoms with E-state index in [0.29, 0.717) is 12.0 Å². The van der Waals surface area contributed by atoms with Crippen molar-refractivity contribution in [2.24, 2.45) is 5.92 Å². The molecule has 1 N–H and O–H groups in total. The third-order valence-corrected chi connectivity index (χ3v) is 7.77. The van der Waals surface area contributed by atoms with Gasteiger partial charge in [0.25, 0.3) is 0 Å². The molecule has 1 fully saturated rings. The summed E-state index contributed by atoms with van der Waals surface area (Å²) in [4.78, 5) is 2.49. The van der Waals surface area contributed by atoms with E-state index >= 15 is 0 Å². The molecule has 1 saturated heterocycles. The summed E-state index contributed by atoms with van der Waals surface area (Å²) >= 11 is 0. The Morgan fingerprint density at radius 3 is 2.83 bits per heavy atom. The summed E-state index contributed by atoms with van der Waals surface area (Å²) in [5.74, 6) is 1.98. The molecular weight excluding hydrogens is 374 g/mol. The standard InChI is InChI=1S/C26H27NO3/c1-27-13-12-26-19-10-11-21(28)25(26)30-24-22(29-2)14-17(18(23(24)26)15-20(19)27)9-8-16-6-4-3-5-7-16/h3-11,14,19-21,25,28H,12-13,15H2,1-2H3/b9-8+/t19-,20-,21+,25+,26+/m1/s1. The number of likely N-dealkylation sites (tertiary alicyclic amines) is 1. The summed E-state index contributed by atoms with van der Waals surface area (Å²) in [5.41, 5.74) is 4.85. The number of ether oxygens (including phenoxy) is 2. The third kappa shape index (κ3) is 2.29. The number of aliphatic hydroxyl groups is 1. The second-order valence-corrected chi connectivity index (χ2v) is 9.08. The molecule has 0 radical (unpaired) electrons. The minimum absolute atomic E-state index is 0.169. The van der Waals surface area contributed by atoms with Crippen LogP contribution in [-0.4, -0.2) is 49.0 Å². The van der Waals surface area contributed by atoms with Crippen molar-refractivity contribution in [3.8, 4) is 11.5 Å². The van der Waals surface area contributed by atoms with Crippen LogP contribution in [0.5, 0.6) is 11.5 Å². The van der Waals surface area contributed by atoms with Crippen LogP contribution in [0.1, 0.15) is 28.7 Å². The average molecular weight is 402 g/mol. The highest BCUT2D eigenvalue weighted by Gasteiger charge is 2.64. The molecule has 4 aliphatic rings. The van der Waals surface area contributed by atoms with Gasteiger partial charge in [-0.15, -0.1) is 0 Å². The van der Waals surface area contributed by atoms with Crippen LogP contribution in [0.15, 0.2) is 48.6 Å². The molecule has 4 nitrogen and oxygen atoms in total. The molecule has 0 amide bonds. The molecule has 5 atom stereocenters. The Labute approximate surface area is 177 Å².